The third-order valence-electron chi connectivity index (χ3n) is 3.74. The Bertz CT molecular complexity index is 684. The molecule has 1 atom stereocenters. The van der Waals surface area contributed by atoms with E-state index in [0.29, 0.717) is 24.4 Å². The number of fused-ring (bicyclic) bond motifs is 1. The van der Waals surface area contributed by atoms with Gasteiger partial charge in [-0.1, -0.05) is 12.1 Å². The highest BCUT2D eigenvalue weighted by Crippen LogP contribution is 2.38. The molecule has 0 aliphatic heterocycles. The number of rotatable bonds is 2. The Hall–Kier alpha value is -1.80. The van der Waals surface area contributed by atoms with Crippen molar-refractivity contribution in [3.63, 3.8) is 0 Å². The first-order valence-electron chi connectivity index (χ1n) is 6.64. The summed E-state index contributed by atoms with van der Waals surface area (Å²) in [6.07, 6.45) is -2.73. The highest BCUT2D eigenvalue weighted by molar-refractivity contribution is 7.15. The lowest BCUT2D eigenvalue weighted by atomic mass is 9.79. The lowest BCUT2D eigenvalue weighted by Gasteiger charge is -2.33. The first-order valence-corrected chi connectivity index (χ1v) is 7.46. The molecule has 4 nitrogen and oxygen atoms in total. The van der Waals surface area contributed by atoms with Crippen LogP contribution in [0, 0.1) is 0 Å². The van der Waals surface area contributed by atoms with Gasteiger partial charge in [0.1, 0.15) is 5.75 Å². The number of halogens is 3. The zero-order valence-electron chi connectivity index (χ0n) is 11.5. The number of benzene rings is 1. The van der Waals surface area contributed by atoms with E-state index in [-0.39, 0.29) is 5.75 Å². The van der Waals surface area contributed by atoms with Gasteiger partial charge in [-0.05, 0) is 30.5 Å². The summed E-state index contributed by atoms with van der Waals surface area (Å²) >= 11 is 1.41. The highest BCUT2D eigenvalue weighted by Gasteiger charge is 2.35. The number of ether oxygens (including phenoxy) is 1. The first-order chi connectivity index (χ1) is 10.3. The fourth-order valence-corrected chi connectivity index (χ4v) is 3.69. The highest BCUT2D eigenvalue weighted by atomic mass is 32.1. The molecule has 1 aliphatic rings. The Morgan fingerprint density at radius 2 is 1.91 bits per heavy atom. The summed E-state index contributed by atoms with van der Waals surface area (Å²) in [5.74, 6) is -0.251. The van der Waals surface area contributed by atoms with Crippen molar-refractivity contribution in [1.29, 1.82) is 0 Å². The lowest BCUT2D eigenvalue weighted by molar-refractivity contribution is -0.274. The maximum Gasteiger partial charge on any atom is 0.573 e. The molecule has 0 fully saturated rings. The van der Waals surface area contributed by atoms with Crippen LogP contribution in [0.4, 0.5) is 18.3 Å². The van der Waals surface area contributed by atoms with Gasteiger partial charge in [-0.25, -0.2) is 4.98 Å². The molecule has 118 valence electrons. The molecule has 3 rings (SSSR count). The largest absolute Gasteiger partial charge is 0.573 e. The van der Waals surface area contributed by atoms with E-state index in [4.69, 9.17) is 11.5 Å². The van der Waals surface area contributed by atoms with Crippen molar-refractivity contribution >= 4 is 16.5 Å². The average Bonchev–Trinajstić information content (AvgIpc) is 2.76. The topological polar surface area (TPSA) is 74.2 Å². The van der Waals surface area contributed by atoms with Crippen molar-refractivity contribution in [3.05, 3.63) is 40.4 Å². The summed E-state index contributed by atoms with van der Waals surface area (Å²) in [6, 6.07) is 5.73. The molecule has 0 spiro atoms. The van der Waals surface area contributed by atoms with E-state index in [1.54, 1.807) is 12.1 Å². The second kappa shape index (κ2) is 5.13. The fraction of sp³-hybridized carbons (Fsp3) is 0.357. The van der Waals surface area contributed by atoms with Crippen LogP contribution in [-0.2, 0) is 18.4 Å². The van der Waals surface area contributed by atoms with E-state index in [9.17, 15) is 13.2 Å². The van der Waals surface area contributed by atoms with Crippen LogP contribution in [0.25, 0.3) is 0 Å². The maximum absolute atomic E-state index is 12.2. The van der Waals surface area contributed by atoms with Gasteiger partial charge in [0.2, 0.25) is 0 Å². The number of nitrogens with two attached hydrogens (primary N) is 2. The van der Waals surface area contributed by atoms with Gasteiger partial charge in [-0.2, -0.15) is 0 Å². The third kappa shape index (κ3) is 3.02. The number of nitrogen functional groups attached to an aromatic ring is 1. The van der Waals surface area contributed by atoms with E-state index in [1.165, 1.54) is 23.5 Å². The van der Waals surface area contributed by atoms with Crippen LogP contribution in [0.5, 0.6) is 5.75 Å². The van der Waals surface area contributed by atoms with Crippen LogP contribution in [0.15, 0.2) is 24.3 Å². The van der Waals surface area contributed by atoms with Crippen LogP contribution in [0.2, 0.25) is 0 Å². The number of nitrogens with zero attached hydrogens (tertiary/aromatic N) is 1. The smallest absolute Gasteiger partial charge is 0.406 e. The van der Waals surface area contributed by atoms with Gasteiger partial charge >= 0.3 is 6.36 Å². The number of alkyl halides is 3. The molecule has 1 heterocycles. The molecule has 1 aromatic carbocycles. The fourth-order valence-electron chi connectivity index (χ4n) is 2.69. The minimum atomic E-state index is -4.69. The van der Waals surface area contributed by atoms with Crippen LogP contribution >= 0.6 is 11.3 Å². The Morgan fingerprint density at radius 1 is 1.23 bits per heavy atom. The molecule has 0 amide bonds. The number of aromatic nitrogens is 1. The van der Waals surface area contributed by atoms with Gasteiger partial charge < -0.3 is 16.2 Å². The molecule has 0 bridgehead atoms. The molecular weight excluding hydrogens is 315 g/mol. The Morgan fingerprint density at radius 3 is 2.55 bits per heavy atom. The van der Waals surface area contributed by atoms with Gasteiger partial charge in [-0.3, -0.25) is 0 Å². The monoisotopic (exact) mass is 329 g/mol. The van der Waals surface area contributed by atoms with Gasteiger partial charge in [0.05, 0.1) is 5.69 Å². The molecule has 2 aromatic rings. The van der Waals surface area contributed by atoms with E-state index in [2.05, 4.69) is 9.72 Å². The summed E-state index contributed by atoms with van der Waals surface area (Å²) in [5.41, 5.74) is 13.3. The van der Waals surface area contributed by atoms with E-state index >= 15 is 0 Å². The third-order valence-corrected chi connectivity index (χ3v) is 4.67. The molecule has 0 saturated heterocycles. The summed E-state index contributed by atoms with van der Waals surface area (Å²) < 4.78 is 40.4. The van der Waals surface area contributed by atoms with Crippen LogP contribution in [0.1, 0.15) is 22.6 Å². The van der Waals surface area contributed by atoms with E-state index < -0.39 is 11.9 Å². The van der Waals surface area contributed by atoms with Gasteiger partial charge in [0.25, 0.3) is 0 Å². The second-order valence-electron chi connectivity index (χ2n) is 5.33. The second-order valence-corrected chi connectivity index (χ2v) is 6.44. The standard InChI is InChI=1S/C14H14F3N3OS/c15-14(16,17)21-9-3-1-8(2-4-9)13(19)6-5-10-11(7-13)22-12(18)20-10/h1-4H,5-7,19H2,(H2,18,20). The predicted octanol–water partition coefficient (Wildman–Crippen LogP) is 2.97. The van der Waals surface area contributed by atoms with Crippen LogP contribution in [0.3, 0.4) is 0 Å². The molecule has 4 N–H and O–H groups in total. The number of thiazole rings is 1. The number of aryl methyl sites for hydroxylation is 1. The molecule has 1 aliphatic carbocycles. The van der Waals surface area contributed by atoms with Crippen molar-refractivity contribution in [1.82, 2.24) is 4.98 Å². The van der Waals surface area contributed by atoms with Crippen molar-refractivity contribution in [3.8, 4) is 5.75 Å². The lowest BCUT2D eigenvalue weighted by Crippen LogP contribution is -2.41. The summed E-state index contributed by atoms with van der Waals surface area (Å²) in [7, 11) is 0. The first kappa shape index (κ1) is 15.1. The predicted molar refractivity (Wildman–Crippen MR) is 77.5 cm³/mol. The molecule has 8 heteroatoms. The van der Waals surface area contributed by atoms with Crippen LogP contribution < -0.4 is 16.2 Å². The summed E-state index contributed by atoms with van der Waals surface area (Å²) in [5, 5.41) is 0.517. The normalized spacial score (nSPS) is 21.5. The SMILES string of the molecule is Nc1nc2c(s1)CC(N)(c1ccc(OC(F)(F)F)cc1)CC2. The van der Waals surface area contributed by atoms with Crippen molar-refractivity contribution in [2.75, 3.05) is 5.73 Å². The maximum atomic E-state index is 12.2. The van der Waals surface area contributed by atoms with Crippen LogP contribution in [-0.4, -0.2) is 11.3 Å². The van der Waals surface area contributed by atoms with Crippen molar-refractivity contribution < 1.29 is 17.9 Å². The molecule has 1 aromatic heterocycles. The minimum Gasteiger partial charge on any atom is -0.406 e. The number of hydrogen-bond acceptors (Lipinski definition) is 5. The molecule has 22 heavy (non-hydrogen) atoms. The van der Waals surface area contributed by atoms with Crippen molar-refractivity contribution in [2.24, 2.45) is 5.73 Å². The minimum absolute atomic E-state index is 0.251. The zero-order valence-corrected chi connectivity index (χ0v) is 12.3. The van der Waals surface area contributed by atoms with E-state index in [0.717, 1.165) is 16.1 Å². The summed E-state index contributed by atoms with van der Waals surface area (Å²) in [6.45, 7) is 0. The van der Waals surface area contributed by atoms with Crippen molar-refractivity contribution in [2.45, 2.75) is 31.2 Å². The van der Waals surface area contributed by atoms with Gasteiger partial charge in [-0.15, -0.1) is 24.5 Å². The molecule has 1 unspecified atom stereocenters. The Kier molecular flexibility index (Phi) is 3.53. The molecule has 0 radical (unpaired) electrons. The quantitative estimate of drug-likeness (QED) is 0.888. The Labute approximate surface area is 128 Å². The molecule has 0 saturated carbocycles. The summed E-state index contributed by atoms with van der Waals surface area (Å²) in [4.78, 5) is 5.30. The average molecular weight is 329 g/mol. The Balaban J connectivity index is 1.82. The van der Waals surface area contributed by atoms with E-state index in [1.807, 2.05) is 0 Å². The molecular formula is C14H14F3N3OS. The number of anilines is 1. The number of hydrogen-bond donors (Lipinski definition) is 2. The van der Waals surface area contributed by atoms with Gasteiger partial charge in [0.15, 0.2) is 5.13 Å². The van der Waals surface area contributed by atoms with Gasteiger partial charge in [0, 0.05) is 16.8 Å². The zero-order chi connectivity index (χ0) is 16.0.